The molecule has 2 N–H and O–H groups in total. The van der Waals surface area contributed by atoms with Crippen LogP contribution < -0.4 is 15.5 Å². The van der Waals surface area contributed by atoms with Gasteiger partial charge in [-0.1, -0.05) is 18.2 Å². The molecule has 2 amide bonds. The second-order valence-corrected chi connectivity index (χ2v) is 5.45. The molecular formula is C19H18N4O5. The van der Waals surface area contributed by atoms with Crippen molar-refractivity contribution in [3.8, 4) is 5.75 Å². The first kappa shape index (κ1) is 20.3. The van der Waals surface area contributed by atoms with E-state index in [1.165, 1.54) is 24.4 Å². The Kier molecular flexibility index (Phi) is 7.41. The zero-order valence-corrected chi connectivity index (χ0v) is 14.8. The highest BCUT2D eigenvalue weighted by Gasteiger charge is 2.11. The smallest absolute Gasteiger partial charge is 0.329 e. The van der Waals surface area contributed by atoms with Crippen molar-refractivity contribution in [3.05, 3.63) is 82.4 Å². The van der Waals surface area contributed by atoms with Crippen molar-refractivity contribution in [1.29, 1.82) is 0 Å². The van der Waals surface area contributed by atoms with Crippen LogP contribution in [0.2, 0.25) is 0 Å². The van der Waals surface area contributed by atoms with Crippen LogP contribution in [0.15, 0.2) is 66.3 Å². The molecule has 0 aromatic heterocycles. The normalized spacial score (nSPS) is 10.3. The summed E-state index contributed by atoms with van der Waals surface area (Å²) in [6.07, 6.45) is 2.80. The number of nitro groups is 1. The van der Waals surface area contributed by atoms with Crippen molar-refractivity contribution in [2.45, 2.75) is 6.61 Å². The summed E-state index contributed by atoms with van der Waals surface area (Å²) in [6, 6.07) is 13.0. The van der Waals surface area contributed by atoms with Gasteiger partial charge in [0.1, 0.15) is 12.4 Å². The number of ether oxygens (including phenoxy) is 1. The molecule has 0 aliphatic carbocycles. The second kappa shape index (κ2) is 10.2. The van der Waals surface area contributed by atoms with E-state index in [0.717, 1.165) is 5.56 Å². The molecule has 144 valence electrons. The lowest BCUT2D eigenvalue weighted by molar-refractivity contribution is -0.384. The number of non-ortho nitro benzene ring substituents is 1. The number of benzene rings is 2. The van der Waals surface area contributed by atoms with Crippen LogP contribution in [0.5, 0.6) is 5.75 Å². The van der Waals surface area contributed by atoms with Gasteiger partial charge in [0.2, 0.25) is 0 Å². The minimum atomic E-state index is -0.901. The van der Waals surface area contributed by atoms with E-state index in [9.17, 15) is 19.7 Å². The predicted molar refractivity (Wildman–Crippen MR) is 103 cm³/mol. The fraction of sp³-hybridized carbons (Fsp3) is 0.105. The van der Waals surface area contributed by atoms with Gasteiger partial charge in [0.25, 0.3) is 5.69 Å². The van der Waals surface area contributed by atoms with Crippen molar-refractivity contribution >= 4 is 23.7 Å². The molecule has 0 aliphatic heterocycles. The molecule has 0 aliphatic rings. The average Bonchev–Trinajstić information content (AvgIpc) is 2.71. The van der Waals surface area contributed by atoms with Crippen molar-refractivity contribution in [1.82, 2.24) is 10.7 Å². The Morgan fingerprint density at radius 2 is 1.86 bits per heavy atom. The Morgan fingerprint density at radius 1 is 1.14 bits per heavy atom. The number of nitro benzene ring substituents is 1. The Labute approximate surface area is 160 Å². The molecule has 0 saturated carbocycles. The predicted octanol–water partition coefficient (Wildman–Crippen LogP) is 1.93. The quantitative estimate of drug-likeness (QED) is 0.237. The van der Waals surface area contributed by atoms with Gasteiger partial charge in [-0.25, -0.2) is 5.43 Å². The highest BCUT2D eigenvalue weighted by molar-refractivity contribution is 6.35. The molecule has 0 unspecified atom stereocenters. The van der Waals surface area contributed by atoms with Gasteiger partial charge in [0.15, 0.2) is 0 Å². The number of nitrogens with one attached hydrogen (secondary N) is 2. The van der Waals surface area contributed by atoms with Gasteiger partial charge >= 0.3 is 11.8 Å². The Bertz CT molecular complexity index is 893. The van der Waals surface area contributed by atoms with Crippen LogP contribution >= 0.6 is 0 Å². The number of hydrazone groups is 1. The molecule has 0 atom stereocenters. The van der Waals surface area contributed by atoms with Crippen LogP contribution in [-0.4, -0.2) is 29.5 Å². The molecule has 0 radical (unpaired) electrons. The third-order valence-corrected chi connectivity index (χ3v) is 3.44. The summed E-state index contributed by atoms with van der Waals surface area (Å²) in [5.41, 5.74) is 3.46. The number of hydrogen-bond acceptors (Lipinski definition) is 6. The first-order valence-electron chi connectivity index (χ1n) is 8.18. The van der Waals surface area contributed by atoms with Crippen LogP contribution in [-0.2, 0) is 16.2 Å². The summed E-state index contributed by atoms with van der Waals surface area (Å²) in [7, 11) is 0. The van der Waals surface area contributed by atoms with Crippen molar-refractivity contribution in [3.63, 3.8) is 0 Å². The topological polar surface area (TPSA) is 123 Å². The third kappa shape index (κ3) is 6.06. The molecule has 0 spiro atoms. The van der Waals surface area contributed by atoms with Crippen molar-refractivity contribution < 1.29 is 19.2 Å². The third-order valence-electron chi connectivity index (χ3n) is 3.44. The van der Waals surface area contributed by atoms with E-state index in [1.807, 2.05) is 0 Å². The molecular weight excluding hydrogens is 364 g/mol. The molecule has 9 nitrogen and oxygen atoms in total. The van der Waals surface area contributed by atoms with Gasteiger partial charge in [0, 0.05) is 24.2 Å². The summed E-state index contributed by atoms with van der Waals surface area (Å²) in [5, 5.41) is 16.8. The van der Waals surface area contributed by atoms with E-state index in [4.69, 9.17) is 4.74 Å². The van der Waals surface area contributed by atoms with E-state index < -0.39 is 16.7 Å². The molecule has 0 saturated heterocycles. The Morgan fingerprint density at radius 3 is 2.54 bits per heavy atom. The molecule has 2 aromatic rings. The molecule has 0 heterocycles. The summed E-state index contributed by atoms with van der Waals surface area (Å²) in [4.78, 5) is 33.2. The van der Waals surface area contributed by atoms with Crippen molar-refractivity contribution in [2.75, 3.05) is 6.54 Å². The van der Waals surface area contributed by atoms with Gasteiger partial charge in [0.05, 0.1) is 11.1 Å². The number of para-hydroxylation sites is 1. The van der Waals surface area contributed by atoms with Gasteiger partial charge in [-0.3, -0.25) is 19.7 Å². The molecule has 2 rings (SSSR count). The van der Waals surface area contributed by atoms with Gasteiger partial charge in [-0.2, -0.15) is 5.10 Å². The standard InChI is InChI=1S/C19H18N4O5/c1-2-11-20-18(24)19(25)22-21-12-15-5-3-4-6-17(15)28-13-14-7-9-16(10-8-14)23(26)27/h2-10,12H,1,11,13H2,(H,20,24)(H,22,25)/b21-12-. The fourth-order valence-corrected chi connectivity index (χ4v) is 2.05. The summed E-state index contributed by atoms with van der Waals surface area (Å²) in [5.74, 6) is -1.22. The highest BCUT2D eigenvalue weighted by atomic mass is 16.6. The maximum atomic E-state index is 11.6. The Hall–Kier alpha value is -4.01. The first-order chi connectivity index (χ1) is 13.5. The van der Waals surface area contributed by atoms with Crippen LogP contribution in [0.3, 0.4) is 0 Å². The molecule has 0 bridgehead atoms. The minimum absolute atomic E-state index is 0.00384. The number of hydrogen-bond donors (Lipinski definition) is 2. The lowest BCUT2D eigenvalue weighted by Crippen LogP contribution is -2.37. The van der Waals surface area contributed by atoms with E-state index in [-0.39, 0.29) is 18.8 Å². The number of carbonyl (C=O) groups excluding carboxylic acids is 2. The molecule has 9 heteroatoms. The van der Waals surface area contributed by atoms with E-state index in [2.05, 4.69) is 22.4 Å². The number of rotatable bonds is 8. The average molecular weight is 382 g/mol. The van der Waals surface area contributed by atoms with Gasteiger partial charge in [-0.15, -0.1) is 6.58 Å². The summed E-state index contributed by atoms with van der Waals surface area (Å²) >= 11 is 0. The number of amides is 2. The molecule has 0 fully saturated rings. The second-order valence-electron chi connectivity index (χ2n) is 5.45. The maximum absolute atomic E-state index is 11.6. The SMILES string of the molecule is C=CCNC(=O)C(=O)N/N=C\c1ccccc1OCc1ccc([N+](=O)[O-])cc1. The van der Waals surface area contributed by atoms with Crippen LogP contribution in [0, 0.1) is 10.1 Å². The lowest BCUT2D eigenvalue weighted by Gasteiger charge is -2.09. The van der Waals surface area contributed by atoms with E-state index >= 15 is 0 Å². The van der Waals surface area contributed by atoms with Crippen LogP contribution in [0.4, 0.5) is 5.69 Å². The largest absolute Gasteiger partial charge is 0.488 e. The monoisotopic (exact) mass is 382 g/mol. The zero-order valence-electron chi connectivity index (χ0n) is 14.8. The first-order valence-corrected chi connectivity index (χ1v) is 8.18. The van der Waals surface area contributed by atoms with E-state index in [0.29, 0.717) is 11.3 Å². The van der Waals surface area contributed by atoms with Crippen LogP contribution in [0.25, 0.3) is 0 Å². The Balaban J connectivity index is 1.96. The maximum Gasteiger partial charge on any atom is 0.329 e. The highest BCUT2D eigenvalue weighted by Crippen LogP contribution is 2.18. The lowest BCUT2D eigenvalue weighted by atomic mass is 10.2. The van der Waals surface area contributed by atoms with Gasteiger partial charge < -0.3 is 10.1 Å². The molecule has 28 heavy (non-hydrogen) atoms. The zero-order chi connectivity index (χ0) is 20.4. The van der Waals surface area contributed by atoms with Gasteiger partial charge in [-0.05, 0) is 29.8 Å². The van der Waals surface area contributed by atoms with Crippen LogP contribution in [0.1, 0.15) is 11.1 Å². The summed E-state index contributed by atoms with van der Waals surface area (Å²) in [6.45, 7) is 3.80. The fourth-order valence-electron chi connectivity index (χ4n) is 2.05. The van der Waals surface area contributed by atoms with Crippen molar-refractivity contribution in [2.24, 2.45) is 5.10 Å². The number of nitrogens with zero attached hydrogens (tertiary/aromatic N) is 2. The molecule has 2 aromatic carbocycles. The summed E-state index contributed by atoms with van der Waals surface area (Å²) < 4.78 is 5.72. The number of carbonyl (C=O) groups is 2. The minimum Gasteiger partial charge on any atom is -0.488 e. The van der Waals surface area contributed by atoms with E-state index in [1.54, 1.807) is 36.4 Å².